The molecule has 0 spiro atoms. The van der Waals surface area contributed by atoms with Crippen LogP contribution >= 0.6 is 0 Å². The minimum Gasteiger partial charge on any atom is -0.490 e. The number of anilines is 2. The third kappa shape index (κ3) is 5.68. The number of aromatic nitrogens is 1. The average molecular weight is 510 g/mol. The number of benzene rings is 2. The third-order valence-electron chi connectivity index (χ3n) is 7.00. The zero-order chi connectivity index (χ0) is 26.5. The number of hydrogen-bond donors (Lipinski definition) is 1. The van der Waals surface area contributed by atoms with Gasteiger partial charge in [-0.2, -0.15) is 10.4 Å². The van der Waals surface area contributed by atoms with Crippen molar-refractivity contribution in [3.8, 4) is 11.8 Å². The lowest BCUT2D eigenvalue weighted by Crippen LogP contribution is -2.20. The van der Waals surface area contributed by atoms with Crippen LogP contribution in [0.3, 0.4) is 0 Å². The summed E-state index contributed by atoms with van der Waals surface area (Å²) in [5, 5.41) is 18.8. The molecule has 3 unspecified atom stereocenters. The Morgan fingerprint density at radius 1 is 1.29 bits per heavy atom. The van der Waals surface area contributed by atoms with Crippen LogP contribution in [0.2, 0.25) is 0 Å². The summed E-state index contributed by atoms with van der Waals surface area (Å²) in [6.07, 6.45) is 7.74. The van der Waals surface area contributed by atoms with Crippen molar-refractivity contribution in [2.24, 2.45) is 5.10 Å². The Kier molecular flexibility index (Phi) is 7.66. The number of hydrogen-bond acceptors (Lipinski definition) is 7. The van der Waals surface area contributed by atoms with E-state index in [-0.39, 0.29) is 23.8 Å². The second-order valence-corrected chi connectivity index (χ2v) is 9.74. The first-order chi connectivity index (χ1) is 18.5. The number of hydrazone groups is 1. The Labute approximate surface area is 222 Å². The molecular formula is C30H31N5O3. The maximum Gasteiger partial charge on any atom is 0.255 e. The number of ether oxygens (including phenoxy) is 2. The fourth-order valence-corrected chi connectivity index (χ4v) is 4.74. The van der Waals surface area contributed by atoms with Gasteiger partial charge < -0.3 is 14.8 Å². The summed E-state index contributed by atoms with van der Waals surface area (Å²) in [6, 6.07) is 17.1. The van der Waals surface area contributed by atoms with Gasteiger partial charge in [-0.15, -0.1) is 0 Å². The number of nitriles is 1. The second kappa shape index (κ2) is 11.4. The molecule has 2 aliphatic heterocycles. The van der Waals surface area contributed by atoms with E-state index in [1.54, 1.807) is 24.4 Å². The Morgan fingerprint density at radius 2 is 2.18 bits per heavy atom. The molecule has 3 aromatic rings. The van der Waals surface area contributed by atoms with Gasteiger partial charge in [-0.3, -0.25) is 14.8 Å². The maximum atomic E-state index is 13.0. The molecule has 1 amide bonds. The molecule has 2 aliphatic rings. The topological polar surface area (TPSA) is 99.8 Å². The minimum atomic E-state index is -0.281. The van der Waals surface area contributed by atoms with E-state index < -0.39 is 0 Å². The zero-order valence-electron chi connectivity index (χ0n) is 21.6. The van der Waals surface area contributed by atoms with Gasteiger partial charge in [-0.25, -0.2) is 0 Å². The fourth-order valence-electron chi connectivity index (χ4n) is 4.74. The van der Waals surface area contributed by atoms with Crippen LogP contribution in [0, 0.1) is 18.3 Å². The summed E-state index contributed by atoms with van der Waals surface area (Å²) in [7, 11) is 0. The Balaban J connectivity index is 1.28. The van der Waals surface area contributed by atoms with E-state index in [1.165, 1.54) is 0 Å². The first-order valence-corrected chi connectivity index (χ1v) is 12.9. The summed E-state index contributed by atoms with van der Waals surface area (Å²) >= 11 is 0. The number of nitrogens with one attached hydrogen (secondary N) is 1. The summed E-state index contributed by atoms with van der Waals surface area (Å²) in [5.74, 6) is 0.319. The Bertz CT molecular complexity index is 1380. The molecule has 1 aromatic heterocycles. The van der Waals surface area contributed by atoms with Gasteiger partial charge in [0.15, 0.2) is 0 Å². The van der Waals surface area contributed by atoms with Crippen LogP contribution < -0.4 is 15.1 Å². The quantitative estimate of drug-likeness (QED) is 0.435. The molecular weight excluding hydrogens is 478 g/mol. The minimum absolute atomic E-state index is 0.0192. The highest BCUT2D eigenvalue weighted by Gasteiger charge is 2.26. The van der Waals surface area contributed by atoms with E-state index in [0.29, 0.717) is 24.4 Å². The summed E-state index contributed by atoms with van der Waals surface area (Å²) in [5.41, 5.74) is 4.96. The number of pyridine rings is 1. The monoisotopic (exact) mass is 509 g/mol. The molecule has 3 atom stereocenters. The van der Waals surface area contributed by atoms with Crippen molar-refractivity contribution >= 4 is 23.5 Å². The Hall–Kier alpha value is -4.22. The van der Waals surface area contributed by atoms with Gasteiger partial charge in [-0.05, 0) is 68.1 Å². The van der Waals surface area contributed by atoms with Gasteiger partial charge in [0.25, 0.3) is 5.91 Å². The van der Waals surface area contributed by atoms with E-state index in [4.69, 9.17) is 9.47 Å². The molecule has 38 heavy (non-hydrogen) atoms. The second-order valence-electron chi connectivity index (χ2n) is 9.74. The van der Waals surface area contributed by atoms with E-state index >= 15 is 0 Å². The summed E-state index contributed by atoms with van der Waals surface area (Å²) in [4.78, 5) is 17.3. The number of aryl methyl sites for hydroxylation is 1. The van der Waals surface area contributed by atoms with Crippen molar-refractivity contribution in [2.75, 3.05) is 30.1 Å². The van der Waals surface area contributed by atoms with Crippen molar-refractivity contribution in [1.82, 2.24) is 4.98 Å². The maximum absolute atomic E-state index is 13.0. The number of carbonyl (C=O) groups excluding carboxylic acids is 1. The highest BCUT2D eigenvalue weighted by atomic mass is 16.5. The van der Waals surface area contributed by atoms with Gasteiger partial charge in [0.05, 0.1) is 30.3 Å². The molecule has 1 N–H and O–H groups in total. The molecule has 0 radical (unpaired) electrons. The number of carbonyl (C=O) groups is 1. The van der Waals surface area contributed by atoms with E-state index in [2.05, 4.69) is 21.5 Å². The van der Waals surface area contributed by atoms with Crippen LogP contribution in [-0.2, 0) is 4.74 Å². The van der Waals surface area contributed by atoms with E-state index in [0.717, 1.165) is 47.6 Å². The van der Waals surface area contributed by atoms with Gasteiger partial charge in [-0.1, -0.05) is 18.2 Å². The highest BCUT2D eigenvalue weighted by molar-refractivity contribution is 6.04. The van der Waals surface area contributed by atoms with Crippen molar-refractivity contribution in [3.63, 3.8) is 0 Å². The van der Waals surface area contributed by atoms with Gasteiger partial charge in [0, 0.05) is 47.9 Å². The summed E-state index contributed by atoms with van der Waals surface area (Å²) < 4.78 is 11.8. The van der Waals surface area contributed by atoms with Crippen LogP contribution in [0.25, 0.3) is 0 Å². The van der Waals surface area contributed by atoms with Crippen molar-refractivity contribution in [3.05, 3.63) is 83.2 Å². The number of rotatable bonds is 8. The molecule has 8 nitrogen and oxygen atoms in total. The third-order valence-corrected chi connectivity index (χ3v) is 7.00. The fraction of sp³-hybridized carbons (Fsp3) is 0.333. The van der Waals surface area contributed by atoms with Crippen molar-refractivity contribution in [2.45, 2.75) is 44.6 Å². The zero-order valence-corrected chi connectivity index (χ0v) is 21.6. The van der Waals surface area contributed by atoms with E-state index in [1.807, 2.05) is 61.6 Å². The molecule has 3 heterocycles. The lowest BCUT2D eigenvalue weighted by molar-refractivity contribution is 0.0675. The predicted octanol–water partition coefficient (Wildman–Crippen LogP) is 5.42. The number of amides is 1. The molecule has 0 aliphatic carbocycles. The van der Waals surface area contributed by atoms with Crippen LogP contribution in [0.15, 0.2) is 66.0 Å². The Morgan fingerprint density at radius 3 is 3.00 bits per heavy atom. The SMILES string of the molecule is Cc1ccc(NC(=O)c2cccc(C(C)C#N)c2)cc1N1CC(c2cnccc2OCC2CCCO2)C=N1. The van der Waals surface area contributed by atoms with Gasteiger partial charge >= 0.3 is 0 Å². The number of nitrogens with zero attached hydrogens (tertiary/aromatic N) is 4. The lowest BCUT2D eigenvalue weighted by Gasteiger charge is -2.21. The van der Waals surface area contributed by atoms with Gasteiger partial charge in [0.2, 0.25) is 0 Å². The first-order valence-electron chi connectivity index (χ1n) is 12.9. The van der Waals surface area contributed by atoms with E-state index in [9.17, 15) is 10.1 Å². The molecule has 2 aromatic carbocycles. The molecule has 194 valence electrons. The smallest absolute Gasteiger partial charge is 0.255 e. The van der Waals surface area contributed by atoms with Crippen molar-refractivity contribution < 1.29 is 14.3 Å². The summed E-state index contributed by atoms with van der Waals surface area (Å²) in [6.45, 7) is 5.81. The highest BCUT2D eigenvalue weighted by Crippen LogP contribution is 2.33. The van der Waals surface area contributed by atoms with Crippen LogP contribution in [0.4, 0.5) is 11.4 Å². The first kappa shape index (κ1) is 25.4. The lowest BCUT2D eigenvalue weighted by atomic mass is 10.00. The molecule has 0 bridgehead atoms. The molecule has 1 saturated heterocycles. The van der Waals surface area contributed by atoms with Gasteiger partial charge in [0.1, 0.15) is 12.4 Å². The van der Waals surface area contributed by atoms with Crippen molar-refractivity contribution in [1.29, 1.82) is 5.26 Å². The van der Waals surface area contributed by atoms with Crippen LogP contribution in [-0.4, -0.2) is 43.0 Å². The molecule has 0 saturated carbocycles. The molecule has 8 heteroatoms. The average Bonchev–Trinajstić information content (AvgIpc) is 3.65. The normalized spacial score (nSPS) is 19.2. The van der Waals surface area contributed by atoms with Crippen LogP contribution in [0.1, 0.15) is 58.6 Å². The molecule has 1 fully saturated rings. The molecule has 5 rings (SSSR count). The van der Waals surface area contributed by atoms with Crippen LogP contribution in [0.5, 0.6) is 5.75 Å². The predicted molar refractivity (Wildman–Crippen MR) is 147 cm³/mol. The standard InChI is InChI=1S/C30H31N5O3/c1-20-8-9-25(34-30(36)23-6-3-5-22(13-23)21(2)15-31)14-28(20)35-18-24(16-33-35)27-17-32-11-10-29(27)38-19-26-7-4-12-37-26/h3,5-6,8-11,13-14,16-17,21,24,26H,4,7,12,18-19H2,1-2H3,(H,34,36). The largest absolute Gasteiger partial charge is 0.490 e.